The molecule has 2 N–H and O–H groups in total. The van der Waals surface area contributed by atoms with Gasteiger partial charge in [-0.15, -0.1) is 0 Å². The van der Waals surface area contributed by atoms with E-state index in [4.69, 9.17) is 15.2 Å². The van der Waals surface area contributed by atoms with Gasteiger partial charge >= 0.3 is 5.97 Å². The van der Waals surface area contributed by atoms with Gasteiger partial charge in [0.05, 0.1) is 5.60 Å². The second kappa shape index (κ2) is 6.03. The minimum atomic E-state index is -0.203. The second-order valence-corrected chi connectivity index (χ2v) is 7.72. The third-order valence-corrected chi connectivity index (χ3v) is 5.76. The summed E-state index contributed by atoms with van der Waals surface area (Å²) in [5, 5.41) is 0. The molecular weight excluding hydrogens is 314 g/mol. The van der Waals surface area contributed by atoms with E-state index in [9.17, 15) is 4.79 Å². The quantitative estimate of drug-likeness (QED) is 0.277. The van der Waals surface area contributed by atoms with Crippen molar-refractivity contribution in [1.82, 2.24) is 0 Å². The molecule has 0 spiro atoms. The lowest BCUT2D eigenvalue weighted by atomic mass is 9.83. The Labute approximate surface area is 148 Å². The Morgan fingerprint density at radius 2 is 2.04 bits per heavy atom. The number of hydrogen-bond donors (Lipinski definition) is 1. The standard InChI is InChI=1S/C21H25NO3/c1-13-4-3-11-21(2)19(25-21)18-16(10-5-13)17(20(23)24-18)12-14-6-8-15(22)9-7-14/h4,6-9,12,16,18-19H,3,5,10-11,22H2,1-2H3/b13-4+,17-12-/t16?,18-,19?,21+/m0/s1. The van der Waals surface area contributed by atoms with Crippen LogP contribution in [0.2, 0.25) is 0 Å². The molecule has 1 aromatic rings. The monoisotopic (exact) mass is 339 g/mol. The van der Waals surface area contributed by atoms with Crippen molar-refractivity contribution < 1.29 is 14.3 Å². The summed E-state index contributed by atoms with van der Waals surface area (Å²) in [5.74, 6) is -0.121. The fourth-order valence-electron chi connectivity index (χ4n) is 4.09. The largest absolute Gasteiger partial charge is 0.455 e. The summed E-state index contributed by atoms with van der Waals surface area (Å²) in [6, 6.07) is 7.58. The number of anilines is 1. The second-order valence-electron chi connectivity index (χ2n) is 7.72. The molecule has 0 bridgehead atoms. The zero-order chi connectivity index (χ0) is 17.6. The van der Waals surface area contributed by atoms with E-state index in [0.717, 1.165) is 42.5 Å². The van der Waals surface area contributed by atoms with E-state index in [0.29, 0.717) is 0 Å². The number of benzene rings is 1. The molecule has 4 atom stereocenters. The third kappa shape index (κ3) is 3.11. The fourth-order valence-corrected chi connectivity index (χ4v) is 4.09. The number of nitrogens with two attached hydrogens (primary N) is 1. The Morgan fingerprint density at radius 3 is 2.80 bits per heavy atom. The molecule has 1 aromatic carbocycles. The maximum Gasteiger partial charge on any atom is 0.334 e. The first kappa shape index (κ1) is 16.4. The van der Waals surface area contributed by atoms with Crippen LogP contribution in [-0.2, 0) is 14.3 Å². The van der Waals surface area contributed by atoms with E-state index in [-0.39, 0.29) is 29.7 Å². The SMILES string of the molecule is C/C1=C\CC[C@@]2(C)OC2[C@H]2OC(=O)/C(=C\c3ccc(N)cc3)C2CC1. The molecule has 0 aromatic heterocycles. The van der Waals surface area contributed by atoms with Gasteiger partial charge in [0.15, 0.2) is 0 Å². The van der Waals surface area contributed by atoms with Gasteiger partial charge in [-0.05, 0) is 63.3 Å². The lowest BCUT2D eigenvalue weighted by Gasteiger charge is -2.19. The van der Waals surface area contributed by atoms with Gasteiger partial charge in [0.25, 0.3) is 0 Å². The van der Waals surface area contributed by atoms with Crippen LogP contribution in [0.4, 0.5) is 5.69 Å². The van der Waals surface area contributed by atoms with E-state index >= 15 is 0 Å². The third-order valence-electron chi connectivity index (χ3n) is 5.76. The van der Waals surface area contributed by atoms with Crippen molar-refractivity contribution in [1.29, 1.82) is 0 Å². The van der Waals surface area contributed by atoms with Gasteiger partial charge < -0.3 is 15.2 Å². The summed E-state index contributed by atoms with van der Waals surface area (Å²) in [5.41, 5.74) is 9.44. The molecule has 1 aliphatic carbocycles. The minimum Gasteiger partial charge on any atom is -0.455 e. The summed E-state index contributed by atoms with van der Waals surface area (Å²) in [6.07, 6.45) is 8.03. The Morgan fingerprint density at radius 1 is 1.28 bits per heavy atom. The topological polar surface area (TPSA) is 64.8 Å². The zero-order valence-corrected chi connectivity index (χ0v) is 14.8. The highest BCUT2D eigenvalue weighted by Crippen LogP contribution is 2.50. The molecular formula is C21H25NO3. The zero-order valence-electron chi connectivity index (χ0n) is 14.8. The van der Waals surface area contributed by atoms with Crippen LogP contribution in [0.15, 0.2) is 41.5 Å². The van der Waals surface area contributed by atoms with Crippen LogP contribution in [0.25, 0.3) is 6.08 Å². The first-order valence-corrected chi connectivity index (χ1v) is 9.08. The number of ether oxygens (including phenoxy) is 2. The number of carbonyl (C=O) groups excluding carboxylic acids is 1. The number of allylic oxidation sites excluding steroid dienone is 2. The number of rotatable bonds is 1. The van der Waals surface area contributed by atoms with Crippen molar-refractivity contribution in [3.8, 4) is 0 Å². The average molecular weight is 339 g/mol. The average Bonchev–Trinajstić information content (AvgIpc) is 3.15. The van der Waals surface area contributed by atoms with Crippen molar-refractivity contribution in [2.75, 3.05) is 5.73 Å². The molecule has 2 aliphatic heterocycles. The number of hydrogen-bond acceptors (Lipinski definition) is 4. The van der Waals surface area contributed by atoms with Crippen LogP contribution in [0.3, 0.4) is 0 Å². The molecule has 132 valence electrons. The van der Waals surface area contributed by atoms with Crippen LogP contribution in [0.5, 0.6) is 0 Å². The fraction of sp³-hybridized carbons (Fsp3) is 0.476. The minimum absolute atomic E-state index is 0.0190. The molecule has 25 heavy (non-hydrogen) atoms. The van der Waals surface area contributed by atoms with Gasteiger partial charge in [0.1, 0.15) is 12.2 Å². The normalized spacial score (nSPS) is 38.3. The maximum atomic E-state index is 12.6. The number of carbonyl (C=O) groups is 1. The van der Waals surface area contributed by atoms with Crippen LogP contribution < -0.4 is 5.73 Å². The summed E-state index contributed by atoms with van der Waals surface area (Å²) in [6.45, 7) is 4.31. The van der Waals surface area contributed by atoms with E-state index in [1.165, 1.54) is 5.57 Å². The highest BCUT2D eigenvalue weighted by molar-refractivity contribution is 5.96. The van der Waals surface area contributed by atoms with Crippen molar-refractivity contribution >= 4 is 17.7 Å². The van der Waals surface area contributed by atoms with Crippen LogP contribution >= 0.6 is 0 Å². The smallest absolute Gasteiger partial charge is 0.334 e. The molecule has 4 nitrogen and oxygen atoms in total. The molecule has 0 amide bonds. The number of esters is 1. The first-order chi connectivity index (χ1) is 12.0. The number of fused-ring (bicyclic) bond motifs is 3. The molecule has 0 saturated carbocycles. The maximum absolute atomic E-state index is 12.6. The van der Waals surface area contributed by atoms with Crippen LogP contribution in [0, 0.1) is 5.92 Å². The Balaban J connectivity index is 1.67. The van der Waals surface area contributed by atoms with Crippen molar-refractivity contribution in [3.63, 3.8) is 0 Å². The molecule has 4 rings (SSSR count). The van der Waals surface area contributed by atoms with Crippen molar-refractivity contribution in [2.24, 2.45) is 5.92 Å². The Hall–Kier alpha value is -2.07. The number of nitrogen functional groups attached to an aromatic ring is 1. The van der Waals surface area contributed by atoms with E-state index in [2.05, 4.69) is 19.9 Å². The summed E-state index contributed by atoms with van der Waals surface area (Å²) >= 11 is 0. The Kier molecular flexibility index (Phi) is 3.95. The molecule has 4 heteroatoms. The van der Waals surface area contributed by atoms with Gasteiger partial charge in [0.2, 0.25) is 0 Å². The van der Waals surface area contributed by atoms with Gasteiger partial charge in [-0.2, -0.15) is 0 Å². The number of epoxide rings is 1. The molecule has 3 aliphatic rings. The van der Waals surface area contributed by atoms with Gasteiger partial charge in [-0.3, -0.25) is 0 Å². The van der Waals surface area contributed by atoms with E-state index in [1.54, 1.807) is 0 Å². The van der Waals surface area contributed by atoms with Crippen molar-refractivity contribution in [2.45, 2.75) is 57.3 Å². The molecule has 2 unspecified atom stereocenters. The lowest BCUT2D eigenvalue weighted by molar-refractivity contribution is -0.139. The predicted octanol–water partition coefficient (Wildman–Crippen LogP) is 3.87. The molecule has 2 heterocycles. The van der Waals surface area contributed by atoms with Gasteiger partial charge in [-0.1, -0.05) is 23.8 Å². The highest BCUT2D eigenvalue weighted by atomic mass is 16.6. The molecule has 2 fully saturated rings. The molecule has 2 saturated heterocycles. The summed E-state index contributed by atoms with van der Waals surface area (Å²) < 4.78 is 11.8. The lowest BCUT2D eigenvalue weighted by Crippen LogP contribution is -2.28. The summed E-state index contributed by atoms with van der Waals surface area (Å²) in [7, 11) is 0. The van der Waals surface area contributed by atoms with Crippen molar-refractivity contribution in [3.05, 3.63) is 47.1 Å². The van der Waals surface area contributed by atoms with Crippen LogP contribution in [0.1, 0.15) is 45.1 Å². The Bertz CT molecular complexity index is 749. The molecule has 0 radical (unpaired) electrons. The van der Waals surface area contributed by atoms with Gasteiger partial charge in [0, 0.05) is 17.2 Å². The van der Waals surface area contributed by atoms with Crippen LogP contribution in [-0.4, -0.2) is 23.8 Å². The highest BCUT2D eigenvalue weighted by Gasteiger charge is 2.61. The first-order valence-electron chi connectivity index (χ1n) is 9.08. The van der Waals surface area contributed by atoms with E-state index < -0.39 is 0 Å². The summed E-state index contributed by atoms with van der Waals surface area (Å²) in [4.78, 5) is 12.6. The van der Waals surface area contributed by atoms with E-state index in [1.807, 2.05) is 30.3 Å². The predicted molar refractivity (Wildman–Crippen MR) is 97.7 cm³/mol. The van der Waals surface area contributed by atoms with Gasteiger partial charge in [-0.25, -0.2) is 4.79 Å².